The fourth-order valence-electron chi connectivity index (χ4n) is 4.46. The van der Waals surface area contributed by atoms with Crippen LogP contribution in [0, 0.1) is 13.8 Å². The first-order chi connectivity index (χ1) is 18.4. The summed E-state index contributed by atoms with van der Waals surface area (Å²) in [5.74, 6) is 1.50. The van der Waals surface area contributed by atoms with Crippen LogP contribution in [0.2, 0.25) is 0 Å². The molecular formula is C34H55NO3. The number of hydrogen-bond donors (Lipinski definition) is 1. The highest BCUT2D eigenvalue weighted by atomic mass is 16.7. The van der Waals surface area contributed by atoms with Gasteiger partial charge in [0.05, 0.1) is 0 Å². The lowest BCUT2D eigenvalue weighted by molar-refractivity contribution is -0.118. The zero-order valence-electron chi connectivity index (χ0n) is 24.8. The fourth-order valence-corrected chi connectivity index (χ4v) is 4.46. The molecule has 0 unspecified atom stereocenters. The van der Waals surface area contributed by atoms with Crippen LogP contribution in [0.3, 0.4) is 0 Å². The van der Waals surface area contributed by atoms with Crippen molar-refractivity contribution in [3.05, 3.63) is 59.7 Å². The van der Waals surface area contributed by atoms with E-state index in [-0.39, 0.29) is 12.2 Å². The van der Waals surface area contributed by atoms with Gasteiger partial charge in [-0.1, -0.05) is 121 Å². The van der Waals surface area contributed by atoms with Crippen molar-refractivity contribution in [1.29, 1.82) is 0 Å². The number of nitrogens with two attached hydrogens (primary N) is 1. The summed E-state index contributed by atoms with van der Waals surface area (Å²) in [6.45, 7) is 8.25. The molecule has 2 aromatic rings. The topological polar surface area (TPSA) is 61.6 Å². The summed E-state index contributed by atoms with van der Waals surface area (Å²) in [5.41, 5.74) is 7.46. The predicted octanol–water partition coefficient (Wildman–Crippen LogP) is 9.84. The lowest BCUT2D eigenvalue weighted by Crippen LogP contribution is -2.19. The molecule has 0 fully saturated rings. The van der Waals surface area contributed by atoms with E-state index in [2.05, 4.69) is 6.92 Å². The quantitative estimate of drug-likeness (QED) is 0.138. The normalized spacial score (nSPS) is 10.7. The summed E-state index contributed by atoms with van der Waals surface area (Å²) < 4.78 is 11.4. The van der Waals surface area contributed by atoms with E-state index in [0.29, 0.717) is 6.42 Å². The number of primary amides is 1. The van der Waals surface area contributed by atoms with Gasteiger partial charge in [0.2, 0.25) is 12.2 Å². The summed E-state index contributed by atoms with van der Waals surface area (Å²) in [5, 5.41) is 0. The molecule has 0 bridgehead atoms. The minimum Gasteiger partial charge on any atom is -0.455 e. The summed E-state index contributed by atoms with van der Waals surface area (Å²) >= 11 is 0. The molecule has 0 aliphatic rings. The highest BCUT2D eigenvalue weighted by Crippen LogP contribution is 2.18. The molecule has 0 aromatic heterocycles. The molecule has 0 radical (unpaired) electrons. The average Bonchev–Trinajstić information content (AvgIpc) is 2.86. The molecule has 214 valence electrons. The molecule has 0 saturated carbocycles. The van der Waals surface area contributed by atoms with Crippen LogP contribution in [0.4, 0.5) is 0 Å². The van der Waals surface area contributed by atoms with E-state index in [9.17, 15) is 4.79 Å². The first-order valence-electron chi connectivity index (χ1n) is 15.2. The molecule has 4 nitrogen and oxygen atoms in total. The van der Waals surface area contributed by atoms with Gasteiger partial charge in [0.1, 0.15) is 11.5 Å². The monoisotopic (exact) mass is 525 g/mol. The average molecular weight is 526 g/mol. The number of aryl methyl sites for hydroxylation is 2. The van der Waals surface area contributed by atoms with Crippen molar-refractivity contribution in [3.8, 4) is 11.5 Å². The molecule has 2 aromatic carbocycles. The summed E-state index contributed by atoms with van der Waals surface area (Å²) in [4.78, 5) is 10.6. The lowest BCUT2D eigenvalue weighted by Gasteiger charge is -2.17. The van der Waals surface area contributed by atoms with Gasteiger partial charge >= 0.3 is 0 Å². The number of carbonyl (C=O) groups is 1. The van der Waals surface area contributed by atoms with Gasteiger partial charge in [0.15, 0.2) is 0 Å². The molecule has 0 aliphatic heterocycles. The van der Waals surface area contributed by atoms with Crippen molar-refractivity contribution < 1.29 is 14.3 Å². The molecule has 0 heterocycles. The number of rotatable bonds is 20. The first-order valence-corrected chi connectivity index (χ1v) is 15.2. The Kier molecular flexibility index (Phi) is 19.8. The van der Waals surface area contributed by atoms with Crippen LogP contribution in [-0.2, 0) is 4.79 Å². The van der Waals surface area contributed by atoms with Gasteiger partial charge in [-0.3, -0.25) is 4.79 Å². The van der Waals surface area contributed by atoms with Gasteiger partial charge in [-0.05, 0) is 55.7 Å². The van der Waals surface area contributed by atoms with Gasteiger partial charge in [-0.2, -0.15) is 0 Å². The van der Waals surface area contributed by atoms with Crippen molar-refractivity contribution in [1.82, 2.24) is 0 Å². The van der Waals surface area contributed by atoms with E-state index >= 15 is 0 Å². The Labute approximate surface area is 233 Å². The van der Waals surface area contributed by atoms with Crippen LogP contribution in [0.15, 0.2) is 48.5 Å². The largest absolute Gasteiger partial charge is 0.455 e. The minimum absolute atomic E-state index is 0.153. The van der Waals surface area contributed by atoms with Crippen LogP contribution in [0.1, 0.15) is 128 Å². The molecule has 0 saturated heterocycles. The molecular weight excluding hydrogens is 470 g/mol. The number of hydrogen-bond acceptors (Lipinski definition) is 3. The molecule has 0 spiro atoms. The van der Waals surface area contributed by atoms with Crippen molar-refractivity contribution in [3.63, 3.8) is 0 Å². The number of ether oxygens (including phenoxy) is 2. The van der Waals surface area contributed by atoms with Crippen molar-refractivity contribution >= 4 is 5.91 Å². The second kappa shape index (κ2) is 22.5. The predicted molar refractivity (Wildman–Crippen MR) is 162 cm³/mol. The third-order valence-corrected chi connectivity index (χ3v) is 6.61. The summed E-state index contributed by atoms with van der Waals surface area (Å²) in [6, 6.07) is 15.9. The van der Waals surface area contributed by atoms with E-state index in [0.717, 1.165) is 17.9 Å². The maximum Gasteiger partial charge on any atom is 0.238 e. The SMILES string of the molecule is CCCCCCCCCCCCCCCCCC(N)=O.Cc1cccc(OC(C)Oc2cccc(C)c2)c1. The maximum atomic E-state index is 10.6. The third kappa shape index (κ3) is 19.6. The first kappa shape index (κ1) is 33.5. The van der Waals surface area contributed by atoms with Crippen molar-refractivity contribution in [2.45, 2.75) is 137 Å². The molecule has 0 aliphatic carbocycles. The zero-order valence-corrected chi connectivity index (χ0v) is 24.8. The van der Waals surface area contributed by atoms with Crippen LogP contribution in [0.25, 0.3) is 0 Å². The molecule has 0 atom stereocenters. The molecule has 1 amide bonds. The van der Waals surface area contributed by atoms with Gasteiger partial charge in [0, 0.05) is 13.3 Å². The molecule has 4 heteroatoms. The Hall–Kier alpha value is -2.49. The number of carbonyl (C=O) groups excluding carboxylic acids is 1. The molecule has 38 heavy (non-hydrogen) atoms. The van der Waals surface area contributed by atoms with E-state index in [1.54, 1.807) is 0 Å². The minimum atomic E-state index is -0.311. The number of amides is 1. The lowest BCUT2D eigenvalue weighted by atomic mass is 10.0. The number of benzene rings is 2. The van der Waals surface area contributed by atoms with Crippen molar-refractivity contribution in [2.24, 2.45) is 5.73 Å². The van der Waals surface area contributed by atoms with Crippen LogP contribution < -0.4 is 15.2 Å². The molecule has 2 rings (SSSR count). The van der Waals surface area contributed by atoms with Crippen molar-refractivity contribution in [2.75, 3.05) is 0 Å². The Morgan fingerprint density at radius 2 is 1.03 bits per heavy atom. The summed E-state index contributed by atoms with van der Waals surface area (Å²) in [6.07, 6.45) is 20.6. The Bertz CT molecular complexity index is 804. The third-order valence-electron chi connectivity index (χ3n) is 6.61. The van der Waals surface area contributed by atoms with E-state index < -0.39 is 0 Å². The smallest absolute Gasteiger partial charge is 0.238 e. The Morgan fingerprint density at radius 3 is 1.37 bits per heavy atom. The van der Waals surface area contributed by atoms with Gasteiger partial charge in [0.25, 0.3) is 0 Å². The van der Waals surface area contributed by atoms with Gasteiger partial charge < -0.3 is 15.2 Å². The maximum absolute atomic E-state index is 10.6. The van der Waals surface area contributed by atoms with E-state index in [1.165, 1.54) is 101 Å². The van der Waals surface area contributed by atoms with Crippen LogP contribution in [-0.4, -0.2) is 12.2 Å². The van der Waals surface area contributed by atoms with E-state index in [4.69, 9.17) is 15.2 Å². The second-order valence-corrected chi connectivity index (χ2v) is 10.6. The van der Waals surface area contributed by atoms with Gasteiger partial charge in [-0.25, -0.2) is 0 Å². The standard InChI is InChI=1S/C18H37NO.C16H18O2/c1-2-3-4-5-6-7-8-9-10-11-12-13-14-15-16-17-18(19)20;1-12-6-4-8-15(10-12)17-14(3)18-16-9-5-7-13(2)11-16/h2-17H2,1H3,(H2,19,20);4-11,14H,1-3H3. The second-order valence-electron chi connectivity index (χ2n) is 10.6. The number of unbranched alkanes of at least 4 members (excludes halogenated alkanes) is 14. The fraction of sp³-hybridized carbons (Fsp3) is 0.618. The van der Waals surface area contributed by atoms with E-state index in [1.807, 2.05) is 69.3 Å². The Morgan fingerprint density at radius 1 is 0.658 bits per heavy atom. The zero-order chi connectivity index (χ0) is 27.8. The highest BCUT2D eigenvalue weighted by molar-refractivity contribution is 5.73. The highest BCUT2D eigenvalue weighted by Gasteiger charge is 2.06. The Balaban J connectivity index is 0.000000381. The summed E-state index contributed by atoms with van der Waals surface area (Å²) in [7, 11) is 0. The van der Waals surface area contributed by atoms with Crippen LogP contribution in [0.5, 0.6) is 11.5 Å². The van der Waals surface area contributed by atoms with Gasteiger partial charge in [-0.15, -0.1) is 0 Å². The molecule has 2 N–H and O–H groups in total. The van der Waals surface area contributed by atoms with Crippen LogP contribution >= 0.6 is 0 Å².